The standard InChI is InChI=1S/C13H7BrF4O/c14-10-5-9(6-11(15)7-10)8-1-3-12(4-2-8)19-13(16,17)18/h1-7H. The lowest BCUT2D eigenvalue weighted by atomic mass is 10.1. The summed E-state index contributed by atoms with van der Waals surface area (Å²) in [5, 5.41) is 0. The van der Waals surface area contributed by atoms with E-state index in [1.54, 1.807) is 6.07 Å². The minimum Gasteiger partial charge on any atom is -0.406 e. The van der Waals surface area contributed by atoms with E-state index in [1.807, 2.05) is 0 Å². The third kappa shape index (κ3) is 3.96. The molecule has 0 radical (unpaired) electrons. The van der Waals surface area contributed by atoms with Gasteiger partial charge in [0.25, 0.3) is 0 Å². The Morgan fingerprint density at radius 1 is 0.895 bits per heavy atom. The van der Waals surface area contributed by atoms with E-state index >= 15 is 0 Å². The Bertz CT molecular complexity index is 558. The molecule has 0 saturated heterocycles. The van der Waals surface area contributed by atoms with Crippen LogP contribution in [0.1, 0.15) is 0 Å². The summed E-state index contributed by atoms with van der Waals surface area (Å²) >= 11 is 3.15. The third-order valence-electron chi connectivity index (χ3n) is 2.28. The van der Waals surface area contributed by atoms with Gasteiger partial charge in [-0.3, -0.25) is 0 Å². The fourth-order valence-corrected chi connectivity index (χ4v) is 2.03. The SMILES string of the molecule is Fc1cc(Br)cc(-c2ccc(OC(F)(F)F)cc2)c1. The van der Waals surface area contributed by atoms with E-state index in [0.717, 1.165) is 0 Å². The van der Waals surface area contributed by atoms with Crippen LogP contribution in [0.2, 0.25) is 0 Å². The zero-order valence-corrected chi connectivity index (χ0v) is 10.9. The lowest BCUT2D eigenvalue weighted by molar-refractivity contribution is -0.274. The molecule has 0 spiro atoms. The summed E-state index contributed by atoms with van der Waals surface area (Å²) in [7, 11) is 0. The van der Waals surface area contributed by atoms with E-state index in [9.17, 15) is 17.6 Å². The second kappa shape index (κ2) is 5.21. The molecule has 0 aliphatic rings. The van der Waals surface area contributed by atoms with Crippen LogP contribution in [0, 0.1) is 5.82 Å². The maximum Gasteiger partial charge on any atom is 0.573 e. The number of benzene rings is 2. The molecule has 19 heavy (non-hydrogen) atoms. The van der Waals surface area contributed by atoms with Crippen LogP contribution in [-0.2, 0) is 0 Å². The summed E-state index contributed by atoms with van der Waals surface area (Å²) < 4.78 is 53.5. The van der Waals surface area contributed by atoms with Crippen LogP contribution in [0.15, 0.2) is 46.9 Å². The quantitative estimate of drug-likeness (QED) is 0.690. The molecule has 0 saturated carbocycles. The van der Waals surface area contributed by atoms with Gasteiger partial charge >= 0.3 is 6.36 Å². The van der Waals surface area contributed by atoms with Crippen LogP contribution < -0.4 is 4.74 Å². The fraction of sp³-hybridized carbons (Fsp3) is 0.0769. The first-order chi connectivity index (χ1) is 8.83. The van der Waals surface area contributed by atoms with Crippen molar-refractivity contribution in [1.82, 2.24) is 0 Å². The lowest BCUT2D eigenvalue weighted by Crippen LogP contribution is -2.16. The highest BCUT2D eigenvalue weighted by Gasteiger charge is 2.30. The van der Waals surface area contributed by atoms with Gasteiger partial charge in [-0.15, -0.1) is 13.2 Å². The summed E-state index contributed by atoms with van der Waals surface area (Å²) in [5.41, 5.74) is 1.15. The fourth-order valence-electron chi connectivity index (χ4n) is 1.57. The Hall–Kier alpha value is -1.56. The largest absolute Gasteiger partial charge is 0.573 e. The molecule has 0 heterocycles. The summed E-state index contributed by atoms with van der Waals surface area (Å²) in [6, 6.07) is 9.49. The van der Waals surface area contributed by atoms with Crippen molar-refractivity contribution in [3.05, 3.63) is 52.8 Å². The molecule has 2 aromatic rings. The Balaban J connectivity index is 2.27. The van der Waals surface area contributed by atoms with Crippen molar-refractivity contribution < 1.29 is 22.3 Å². The zero-order valence-electron chi connectivity index (χ0n) is 9.34. The van der Waals surface area contributed by atoms with E-state index in [4.69, 9.17) is 0 Å². The molecule has 2 aromatic carbocycles. The van der Waals surface area contributed by atoms with Gasteiger partial charge in [0.15, 0.2) is 0 Å². The predicted molar refractivity (Wildman–Crippen MR) is 66.2 cm³/mol. The molecule has 0 aliphatic heterocycles. The molecule has 0 fully saturated rings. The molecule has 100 valence electrons. The molecule has 1 nitrogen and oxygen atoms in total. The predicted octanol–water partition coefficient (Wildman–Crippen LogP) is 5.15. The Labute approximate surface area is 114 Å². The van der Waals surface area contributed by atoms with Gasteiger partial charge in [0.2, 0.25) is 0 Å². The highest BCUT2D eigenvalue weighted by Crippen LogP contribution is 2.28. The molecule has 0 N–H and O–H groups in total. The van der Waals surface area contributed by atoms with Crippen molar-refractivity contribution in [3.8, 4) is 16.9 Å². The van der Waals surface area contributed by atoms with Crippen molar-refractivity contribution in [1.29, 1.82) is 0 Å². The Morgan fingerprint density at radius 3 is 2.05 bits per heavy atom. The lowest BCUT2D eigenvalue weighted by Gasteiger charge is -2.09. The Morgan fingerprint density at radius 2 is 1.53 bits per heavy atom. The monoisotopic (exact) mass is 334 g/mol. The summed E-state index contributed by atoms with van der Waals surface area (Å²) in [4.78, 5) is 0. The minimum absolute atomic E-state index is 0.313. The van der Waals surface area contributed by atoms with E-state index in [1.165, 1.54) is 36.4 Å². The molecule has 2 rings (SSSR count). The van der Waals surface area contributed by atoms with E-state index < -0.39 is 12.2 Å². The number of halogens is 5. The maximum absolute atomic E-state index is 13.2. The van der Waals surface area contributed by atoms with Crippen LogP contribution in [0.5, 0.6) is 5.75 Å². The van der Waals surface area contributed by atoms with Crippen LogP contribution in [0.4, 0.5) is 17.6 Å². The van der Waals surface area contributed by atoms with E-state index in [0.29, 0.717) is 15.6 Å². The highest BCUT2D eigenvalue weighted by atomic mass is 79.9. The minimum atomic E-state index is -4.72. The first kappa shape index (κ1) is 13.9. The molecule has 0 amide bonds. The van der Waals surface area contributed by atoms with Gasteiger partial charge in [0, 0.05) is 4.47 Å². The molecule has 6 heteroatoms. The first-order valence-electron chi connectivity index (χ1n) is 5.16. The number of hydrogen-bond donors (Lipinski definition) is 0. The molecule has 0 atom stereocenters. The number of rotatable bonds is 2. The van der Waals surface area contributed by atoms with Crippen molar-refractivity contribution in [2.24, 2.45) is 0 Å². The smallest absolute Gasteiger partial charge is 0.406 e. The second-order valence-corrected chi connectivity index (χ2v) is 4.65. The summed E-state index contributed by atoms with van der Waals surface area (Å²) in [5.74, 6) is -0.744. The van der Waals surface area contributed by atoms with Gasteiger partial charge in [0.05, 0.1) is 0 Å². The molecule has 0 aromatic heterocycles. The van der Waals surface area contributed by atoms with E-state index in [-0.39, 0.29) is 5.75 Å². The van der Waals surface area contributed by atoms with Crippen LogP contribution in [-0.4, -0.2) is 6.36 Å². The molecule has 0 unspecified atom stereocenters. The van der Waals surface area contributed by atoms with Crippen molar-refractivity contribution >= 4 is 15.9 Å². The van der Waals surface area contributed by atoms with Crippen molar-refractivity contribution in [3.63, 3.8) is 0 Å². The summed E-state index contributed by atoms with van der Waals surface area (Å²) in [6.07, 6.45) is -4.72. The second-order valence-electron chi connectivity index (χ2n) is 3.73. The van der Waals surface area contributed by atoms with Crippen LogP contribution in [0.25, 0.3) is 11.1 Å². The van der Waals surface area contributed by atoms with Gasteiger partial charge in [-0.2, -0.15) is 0 Å². The number of ether oxygens (including phenoxy) is 1. The van der Waals surface area contributed by atoms with E-state index in [2.05, 4.69) is 20.7 Å². The average Bonchev–Trinajstić information content (AvgIpc) is 2.26. The van der Waals surface area contributed by atoms with Crippen LogP contribution in [0.3, 0.4) is 0 Å². The highest BCUT2D eigenvalue weighted by molar-refractivity contribution is 9.10. The van der Waals surface area contributed by atoms with Gasteiger partial charge in [-0.1, -0.05) is 28.1 Å². The topological polar surface area (TPSA) is 9.23 Å². The van der Waals surface area contributed by atoms with Crippen molar-refractivity contribution in [2.45, 2.75) is 6.36 Å². The number of alkyl halides is 3. The average molecular weight is 335 g/mol. The van der Waals surface area contributed by atoms with Crippen LogP contribution >= 0.6 is 15.9 Å². The van der Waals surface area contributed by atoms with Gasteiger partial charge in [-0.25, -0.2) is 4.39 Å². The van der Waals surface area contributed by atoms with Crippen molar-refractivity contribution in [2.75, 3.05) is 0 Å². The Kier molecular flexibility index (Phi) is 3.80. The summed E-state index contributed by atoms with van der Waals surface area (Å²) in [6.45, 7) is 0. The molecule has 0 aliphatic carbocycles. The zero-order chi connectivity index (χ0) is 14.0. The first-order valence-corrected chi connectivity index (χ1v) is 5.95. The maximum atomic E-state index is 13.2. The van der Waals surface area contributed by atoms with Gasteiger partial charge in [-0.05, 0) is 41.5 Å². The van der Waals surface area contributed by atoms with Gasteiger partial charge in [0.1, 0.15) is 11.6 Å². The third-order valence-corrected chi connectivity index (χ3v) is 2.74. The normalized spacial score (nSPS) is 11.4. The molecular formula is C13H7BrF4O. The molecular weight excluding hydrogens is 328 g/mol. The molecule has 0 bridgehead atoms. The number of hydrogen-bond acceptors (Lipinski definition) is 1. The van der Waals surface area contributed by atoms with Gasteiger partial charge < -0.3 is 4.74 Å².